The summed E-state index contributed by atoms with van der Waals surface area (Å²) < 4.78 is 5.39. The maximum atomic E-state index is 12.9. The summed E-state index contributed by atoms with van der Waals surface area (Å²) in [5.41, 5.74) is 2.43. The van der Waals surface area contributed by atoms with E-state index in [4.69, 9.17) is 4.52 Å². The Morgan fingerprint density at radius 3 is 2.71 bits per heavy atom. The Morgan fingerprint density at radius 2 is 2.00 bits per heavy atom. The van der Waals surface area contributed by atoms with Crippen molar-refractivity contribution in [2.45, 2.75) is 18.8 Å². The largest absolute Gasteiger partial charge is 0.378 e. The topological polar surface area (TPSA) is 75.4 Å². The molecule has 3 heterocycles. The van der Waals surface area contributed by atoms with Crippen LogP contribution in [0.3, 0.4) is 0 Å². The molecule has 4 rings (SSSR count). The number of rotatable bonds is 4. The molecule has 1 fully saturated rings. The van der Waals surface area contributed by atoms with Gasteiger partial charge in [0.05, 0.1) is 0 Å². The van der Waals surface area contributed by atoms with Gasteiger partial charge in [-0.2, -0.15) is 4.98 Å². The van der Waals surface area contributed by atoms with E-state index in [9.17, 15) is 4.79 Å². The quantitative estimate of drug-likeness (QED) is 0.695. The minimum absolute atomic E-state index is 0.0449. The van der Waals surface area contributed by atoms with Gasteiger partial charge in [-0.05, 0) is 49.2 Å². The Labute approximate surface area is 164 Å². The molecule has 0 N–H and O–H groups in total. The third kappa shape index (κ3) is 3.74. The number of hydrogen-bond acceptors (Lipinski definition) is 6. The van der Waals surface area contributed by atoms with Gasteiger partial charge in [0.2, 0.25) is 0 Å². The predicted octanol–water partition coefficient (Wildman–Crippen LogP) is 3.22. The minimum Gasteiger partial charge on any atom is -0.378 e. The monoisotopic (exact) mass is 377 g/mol. The Hall–Kier alpha value is -3.22. The molecule has 1 aliphatic heterocycles. The van der Waals surface area contributed by atoms with Crippen molar-refractivity contribution in [3.05, 3.63) is 60.0 Å². The number of carbonyl (C=O) groups excluding carboxylic acids is 1. The summed E-state index contributed by atoms with van der Waals surface area (Å²) in [5, 5.41) is 4.14. The summed E-state index contributed by atoms with van der Waals surface area (Å²) in [5.74, 6) is 1.17. The van der Waals surface area contributed by atoms with Crippen LogP contribution < -0.4 is 4.90 Å². The number of carbonyl (C=O) groups is 1. The number of amides is 1. The predicted molar refractivity (Wildman–Crippen MR) is 106 cm³/mol. The lowest BCUT2D eigenvalue weighted by atomic mass is 9.96. The second-order valence-corrected chi connectivity index (χ2v) is 7.20. The molecule has 144 valence electrons. The van der Waals surface area contributed by atoms with Crippen LogP contribution in [0.2, 0.25) is 0 Å². The number of piperidine rings is 1. The Balaban J connectivity index is 1.47. The Morgan fingerprint density at radius 1 is 1.18 bits per heavy atom. The summed E-state index contributed by atoms with van der Waals surface area (Å²) in [6.45, 7) is 1.34. The van der Waals surface area contributed by atoms with Crippen LogP contribution in [-0.2, 0) is 0 Å². The van der Waals surface area contributed by atoms with Crippen molar-refractivity contribution >= 4 is 11.6 Å². The van der Waals surface area contributed by atoms with Gasteiger partial charge < -0.3 is 14.3 Å². The molecule has 7 nitrogen and oxygen atoms in total. The van der Waals surface area contributed by atoms with E-state index < -0.39 is 0 Å². The zero-order valence-corrected chi connectivity index (χ0v) is 16.1. The average Bonchev–Trinajstić information content (AvgIpc) is 3.24. The standard InChI is InChI=1S/C21H23N5O2/c1-25(2)17-10-8-15(9-11-17)21(27)26-13-5-6-16(14-26)19-23-20(28-24-19)18-7-3-4-12-22-18/h3-4,7-12,16H,5-6,13-14H2,1-2H3/t16-/m0/s1. The fourth-order valence-electron chi connectivity index (χ4n) is 3.45. The third-order valence-corrected chi connectivity index (χ3v) is 5.03. The lowest BCUT2D eigenvalue weighted by Gasteiger charge is -2.31. The number of aromatic nitrogens is 3. The molecule has 0 saturated carbocycles. The van der Waals surface area contributed by atoms with E-state index in [0.717, 1.165) is 25.1 Å². The second kappa shape index (κ2) is 7.80. The van der Waals surface area contributed by atoms with Gasteiger partial charge >= 0.3 is 0 Å². The van der Waals surface area contributed by atoms with Gasteiger partial charge in [-0.1, -0.05) is 11.2 Å². The third-order valence-electron chi connectivity index (χ3n) is 5.03. The first-order valence-corrected chi connectivity index (χ1v) is 9.43. The summed E-state index contributed by atoms with van der Waals surface area (Å²) in [6.07, 6.45) is 3.55. The van der Waals surface area contributed by atoms with E-state index in [0.29, 0.717) is 29.5 Å². The molecule has 0 spiro atoms. The van der Waals surface area contributed by atoms with Crippen LogP contribution in [0.25, 0.3) is 11.6 Å². The van der Waals surface area contributed by atoms with Crippen LogP contribution in [0.5, 0.6) is 0 Å². The van der Waals surface area contributed by atoms with Crippen molar-refractivity contribution in [2.24, 2.45) is 0 Å². The van der Waals surface area contributed by atoms with Crippen LogP contribution in [0, 0.1) is 0 Å². The van der Waals surface area contributed by atoms with Crippen molar-refractivity contribution in [1.82, 2.24) is 20.0 Å². The highest BCUT2D eigenvalue weighted by atomic mass is 16.5. The highest BCUT2D eigenvalue weighted by Gasteiger charge is 2.28. The molecule has 0 unspecified atom stereocenters. The van der Waals surface area contributed by atoms with Gasteiger partial charge in [0.25, 0.3) is 11.8 Å². The van der Waals surface area contributed by atoms with Crippen LogP contribution in [0.1, 0.15) is 34.9 Å². The number of pyridine rings is 1. The lowest BCUT2D eigenvalue weighted by Crippen LogP contribution is -2.39. The highest BCUT2D eigenvalue weighted by Crippen LogP contribution is 2.27. The molecular formula is C21H23N5O2. The molecule has 1 atom stereocenters. The Bertz CT molecular complexity index is 937. The van der Waals surface area contributed by atoms with Crippen LogP contribution >= 0.6 is 0 Å². The fraction of sp³-hybridized carbons (Fsp3) is 0.333. The van der Waals surface area contributed by atoms with Crippen molar-refractivity contribution < 1.29 is 9.32 Å². The van der Waals surface area contributed by atoms with Crippen molar-refractivity contribution in [1.29, 1.82) is 0 Å². The molecule has 7 heteroatoms. The first-order chi connectivity index (χ1) is 13.6. The van der Waals surface area contributed by atoms with Gasteiger partial charge in [-0.25, -0.2) is 0 Å². The molecule has 0 aliphatic carbocycles. The van der Waals surface area contributed by atoms with E-state index in [-0.39, 0.29) is 11.8 Å². The normalized spacial score (nSPS) is 16.8. The van der Waals surface area contributed by atoms with Gasteiger partial charge in [0, 0.05) is 50.6 Å². The molecule has 0 bridgehead atoms. The zero-order chi connectivity index (χ0) is 19.5. The molecule has 0 radical (unpaired) electrons. The van der Waals surface area contributed by atoms with E-state index >= 15 is 0 Å². The number of anilines is 1. The van der Waals surface area contributed by atoms with Gasteiger partial charge in [-0.15, -0.1) is 0 Å². The number of benzene rings is 1. The molecule has 1 aliphatic rings. The first-order valence-electron chi connectivity index (χ1n) is 9.43. The summed E-state index contributed by atoms with van der Waals surface area (Å²) in [4.78, 5) is 25.6. The molecule has 3 aromatic rings. The maximum Gasteiger partial charge on any atom is 0.276 e. The van der Waals surface area contributed by atoms with E-state index in [2.05, 4.69) is 15.1 Å². The maximum absolute atomic E-state index is 12.9. The smallest absolute Gasteiger partial charge is 0.276 e. The summed E-state index contributed by atoms with van der Waals surface area (Å²) in [6, 6.07) is 13.3. The molecule has 1 amide bonds. The lowest BCUT2D eigenvalue weighted by molar-refractivity contribution is 0.0703. The zero-order valence-electron chi connectivity index (χ0n) is 16.1. The van der Waals surface area contributed by atoms with Crippen molar-refractivity contribution in [3.8, 4) is 11.6 Å². The molecule has 1 saturated heterocycles. The number of nitrogens with zero attached hydrogens (tertiary/aromatic N) is 5. The van der Waals surface area contributed by atoms with Crippen molar-refractivity contribution in [2.75, 3.05) is 32.1 Å². The van der Waals surface area contributed by atoms with Crippen molar-refractivity contribution in [3.63, 3.8) is 0 Å². The van der Waals surface area contributed by atoms with Crippen LogP contribution in [0.4, 0.5) is 5.69 Å². The average molecular weight is 377 g/mol. The summed E-state index contributed by atoms with van der Waals surface area (Å²) in [7, 11) is 3.96. The Kier molecular flexibility index (Phi) is 5.06. The number of likely N-dealkylation sites (tertiary alicyclic amines) is 1. The highest BCUT2D eigenvalue weighted by molar-refractivity contribution is 5.94. The minimum atomic E-state index is 0.0449. The van der Waals surface area contributed by atoms with E-state index in [1.54, 1.807) is 6.20 Å². The fourth-order valence-corrected chi connectivity index (χ4v) is 3.45. The van der Waals surface area contributed by atoms with Gasteiger partial charge in [0.1, 0.15) is 5.69 Å². The first kappa shape index (κ1) is 18.2. The van der Waals surface area contributed by atoms with E-state index in [1.165, 1.54) is 0 Å². The van der Waals surface area contributed by atoms with E-state index in [1.807, 2.05) is 66.4 Å². The SMILES string of the molecule is CN(C)c1ccc(C(=O)N2CCC[C@H](c3noc(-c4ccccn4)n3)C2)cc1. The number of hydrogen-bond donors (Lipinski definition) is 0. The van der Waals surface area contributed by atoms with Crippen LogP contribution in [0.15, 0.2) is 53.2 Å². The van der Waals surface area contributed by atoms with Crippen LogP contribution in [-0.4, -0.2) is 53.1 Å². The molecule has 28 heavy (non-hydrogen) atoms. The van der Waals surface area contributed by atoms with Gasteiger partial charge in [-0.3, -0.25) is 9.78 Å². The summed E-state index contributed by atoms with van der Waals surface area (Å²) >= 11 is 0. The second-order valence-electron chi connectivity index (χ2n) is 7.20. The molecule has 2 aromatic heterocycles. The van der Waals surface area contributed by atoms with Gasteiger partial charge in [0.15, 0.2) is 5.82 Å². The molecular weight excluding hydrogens is 354 g/mol. The molecule has 1 aromatic carbocycles.